The summed E-state index contributed by atoms with van der Waals surface area (Å²) in [6.07, 6.45) is 1.84. The van der Waals surface area contributed by atoms with Crippen molar-refractivity contribution in [3.63, 3.8) is 0 Å². The summed E-state index contributed by atoms with van der Waals surface area (Å²) < 4.78 is 4.59. The molecule has 0 saturated carbocycles. The number of rotatable bonds is 2. The van der Waals surface area contributed by atoms with Crippen LogP contribution in [0.3, 0.4) is 0 Å². The fourth-order valence-electron chi connectivity index (χ4n) is 0.964. The van der Waals surface area contributed by atoms with Crippen LogP contribution in [0, 0.1) is 6.92 Å². The molecule has 0 aliphatic carbocycles. The van der Waals surface area contributed by atoms with E-state index in [1.807, 2.05) is 25.1 Å². The van der Waals surface area contributed by atoms with E-state index in [1.165, 1.54) is 12.0 Å². The Morgan fingerprint density at radius 3 is 2.69 bits per heavy atom. The number of thiophene rings is 1. The van der Waals surface area contributed by atoms with E-state index in [1.54, 1.807) is 18.3 Å². The van der Waals surface area contributed by atoms with Gasteiger partial charge in [-0.15, -0.1) is 11.3 Å². The molecule has 0 atom stereocenters. The van der Waals surface area contributed by atoms with Gasteiger partial charge in [-0.25, -0.2) is 4.79 Å². The topological polar surface area (TPSA) is 26.3 Å². The van der Waals surface area contributed by atoms with Crippen LogP contribution in [-0.2, 0) is 9.53 Å². The summed E-state index contributed by atoms with van der Waals surface area (Å²) in [5.74, 6) is -0.272. The van der Waals surface area contributed by atoms with Gasteiger partial charge in [0.15, 0.2) is 0 Å². The third-order valence-electron chi connectivity index (χ3n) is 1.63. The Kier molecular flexibility index (Phi) is 3.25. The normalized spacial score (nSPS) is 11.5. The lowest BCUT2D eigenvalue weighted by molar-refractivity contribution is -0.135. The number of hydrogen-bond acceptors (Lipinski definition) is 3. The van der Waals surface area contributed by atoms with Crippen LogP contribution in [0.25, 0.3) is 6.08 Å². The molecular formula is C10H12O2S. The van der Waals surface area contributed by atoms with Crippen molar-refractivity contribution in [3.05, 3.63) is 27.5 Å². The van der Waals surface area contributed by atoms with Gasteiger partial charge < -0.3 is 4.74 Å². The molecule has 2 nitrogen and oxygen atoms in total. The quantitative estimate of drug-likeness (QED) is 0.537. The van der Waals surface area contributed by atoms with Gasteiger partial charge in [0, 0.05) is 15.3 Å². The molecule has 0 aromatic carbocycles. The Balaban J connectivity index is 2.82. The Labute approximate surface area is 81.8 Å². The molecular weight excluding hydrogens is 184 g/mol. The number of carbonyl (C=O) groups is 1. The van der Waals surface area contributed by atoms with Crippen molar-refractivity contribution in [1.29, 1.82) is 0 Å². The van der Waals surface area contributed by atoms with Crippen molar-refractivity contribution in [3.8, 4) is 0 Å². The first-order valence-corrected chi connectivity index (χ1v) is 4.78. The van der Waals surface area contributed by atoms with Gasteiger partial charge in [-0.2, -0.15) is 0 Å². The van der Waals surface area contributed by atoms with Crippen LogP contribution in [-0.4, -0.2) is 13.1 Å². The van der Waals surface area contributed by atoms with Crippen molar-refractivity contribution < 1.29 is 9.53 Å². The molecule has 3 heteroatoms. The van der Waals surface area contributed by atoms with Gasteiger partial charge in [-0.05, 0) is 32.1 Å². The lowest BCUT2D eigenvalue weighted by atomic mass is 10.2. The third-order valence-corrected chi connectivity index (χ3v) is 2.57. The predicted molar refractivity (Wildman–Crippen MR) is 54.7 cm³/mol. The van der Waals surface area contributed by atoms with Crippen molar-refractivity contribution >= 4 is 23.4 Å². The van der Waals surface area contributed by atoms with E-state index in [0.29, 0.717) is 5.57 Å². The van der Waals surface area contributed by atoms with Crippen LogP contribution in [0.1, 0.15) is 16.7 Å². The molecule has 1 aromatic rings. The van der Waals surface area contributed by atoms with Gasteiger partial charge in [0.05, 0.1) is 7.11 Å². The second-order valence-electron chi connectivity index (χ2n) is 2.77. The minimum absolute atomic E-state index is 0.272. The van der Waals surface area contributed by atoms with Gasteiger partial charge in [0.1, 0.15) is 0 Å². The van der Waals surface area contributed by atoms with E-state index in [0.717, 1.165) is 4.88 Å². The monoisotopic (exact) mass is 196 g/mol. The van der Waals surface area contributed by atoms with Crippen LogP contribution in [0.2, 0.25) is 0 Å². The molecule has 70 valence electrons. The average Bonchev–Trinajstić information content (AvgIpc) is 2.49. The lowest BCUT2D eigenvalue weighted by Crippen LogP contribution is -2.00. The molecule has 0 bridgehead atoms. The molecule has 0 N–H and O–H groups in total. The molecule has 0 spiro atoms. The van der Waals surface area contributed by atoms with Gasteiger partial charge in [0.2, 0.25) is 0 Å². The van der Waals surface area contributed by atoms with Crippen molar-refractivity contribution in [1.82, 2.24) is 0 Å². The Morgan fingerprint density at radius 2 is 2.23 bits per heavy atom. The molecule has 0 aliphatic heterocycles. The van der Waals surface area contributed by atoms with Crippen molar-refractivity contribution in [2.24, 2.45) is 0 Å². The summed E-state index contributed by atoms with van der Waals surface area (Å²) in [5.41, 5.74) is 0.629. The van der Waals surface area contributed by atoms with E-state index in [9.17, 15) is 4.79 Å². The molecule has 1 rings (SSSR count). The van der Waals surface area contributed by atoms with E-state index in [-0.39, 0.29) is 5.97 Å². The van der Waals surface area contributed by atoms with Gasteiger partial charge >= 0.3 is 5.97 Å². The third kappa shape index (κ3) is 2.70. The van der Waals surface area contributed by atoms with E-state index >= 15 is 0 Å². The molecule has 0 aliphatic rings. The number of methoxy groups -OCH3 is 1. The minimum Gasteiger partial charge on any atom is -0.466 e. The second kappa shape index (κ2) is 4.23. The zero-order valence-corrected chi connectivity index (χ0v) is 8.77. The largest absolute Gasteiger partial charge is 0.466 e. The van der Waals surface area contributed by atoms with Crippen LogP contribution in [0.5, 0.6) is 0 Å². The zero-order valence-electron chi connectivity index (χ0n) is 7.96. The highest BCUT2D eigenvalue weighted by Gasteiger charge is 2.03. The first-order valence-electron chi connectivity index (χ1n) is 3.96. The summed E-state index contributed by atoms with van der Waals surface area (Å²) in [4.78, 5) is 13.4. The van der Waals surface area contributed by atoms with Crippen LogP contribution >= 0.6 is 11.3 Å². The maximum absolute atomic E-state index is 11.0. The van der Waals surface area contributed by atoms with E-state index in [4.69, 9.17) is 0 Å². The Bertz CT molecular complexity index is 336. The molecule has 0 fully saturated rings. The van der Waals surface area contributed by atoms with Gasteiger partial charge in [0.25, 0.3) is 0 Å². The first-order chi connectivity index (χ1) is 6.13. The van der Waals surface area contributed by atoms with Crippen molar-refractivity contribution in [2.75, 3.05) is 7.11 Å². The highest BCUT2D eigenvalue weighted by atomic mass is 32.1. The maximum Gasteiger partial charge on any atom is 0.333 e. The molecule has 0 saturated heterocycles. The predicted octanol–water partition coefficient (Wildman–Crippen LogP) is 2.63. The first kappa shape index (κ1) is 9.99. The molecule has 0 amide bonds. The summed E-state index contributed by atoms with van der Waals surface area (Å²) in [5, 5.41) is 0. The molecule has 0 radical (unpaired) electrons. The van der Waals surface area contributed by atoms with Crippen LogP contribution in [0.4, 0.5) is 0 Å². The molecule has 13 heavy (non-hydrogen) atoms. The fraction of sp³-hybridized carbons (Fsp3) is 0.300. The maximum atomic E-state index is 11.0. The molecule has 0 unspecified atom stereocenters. The van der Waals surface area contributed by atoms with Crippen molar-refractivity contribution in [2.45, 2.75) is 13.8 Å². The summed E-state index contributed by atoms with van der Waals surface area (Å²) in [6, 6.07) is 4.02. The number of carbonyl (C=O) groups excluding carboxylic acids is 1. The standard InChI is InChI=1S/C10H12O2S/c1-7(10(11)12-3)6-9-5-4-8(2)13-9/h4-6H,1-3H3/b7-6+. The number of ether oxygens (including phenoxy) is 1. The lowest BCUT2D eigenvalue weighted by Gasteiger charge is -1.96. The highest BCUT2D eigenvalue weighted by Crippen LogP contribution is 2.18. The molecule has 1 aromatic heterocycles. The molecule has 1 heterocycles. The SMILES string of the molecule is COC(=O)/C(C)=C/c1ccc(C)s1. The number of esters is 1. The number of hydrogen-bond donors (Lipinski definition) is 0. The van der Waals surface area contributed by atoms with Gasteiger partial charge in [-0.1, -0.05) is 0 Å². The zero-order chi connectivity index (χ0) is 9.84. The smallest absolute Gasteiger partial charge is 0.333 e. The number of aryl methyl sites for hydroxylation is 1. The summed E-state index contributed by atoms with van der Waals surface area (Å²) in [6.45, 7) is 3.79. The summed E-state index contributed by atoms with van der Waals surface area (Å²) in [7, 11) is 1.39. The van der Waals surface area contributed by atoms with Crippen LogP contribution in [0.15, 0.2) is 17.7 Å². The average molecular weight is 196 g/mol. The fourth-order valence-corrected chi connectivity index (χ4v) is 1.84. The summed E-state index contributed by atoms with van der Waals surface area (Å²) >= 11 is 1.66. The highest BCUT2D eigenvalue weighted by molar-refractivity contribution is 7.12. The van der Waals surface area contributed by atoms with E-state index < -0.39 is 0 Å². The van der Waals surface area contributed by atoms with E-state index in [2.05, 4.69) is 4.74 Å². The van der Waals surface area contributed by atoms with Gasteiger partial charge in [-0.3, -0.25) is 0 Å². The Hall–Kier alpha value is -1.09. The second-order valence-corrected chi connectivity index (χ2v) is 4.09. The van der Waals surface area contributed by atoms with Crippen LogP contribution < -0.4 is 0 Å². The Morgan fingerprint density at radius 1 is 1.54 bits per heavy atom. The minimum atomic E-state index is -0.272.